The third kappa shape index (κ3) is 3.26. The van der Waals surface area contributed by atoms with Gasteiger partial charge in [0.2, 0.25) is 0 Å². The smallest absolute Gasteiger partial charge is 0.0717 e. The van der Waals surface area contributed by atoms with E-state index in [4.69, 9.17) is 16.2 Å². The summed E-state index contributed by atoms with van der Waals surface area (Å²) in [6.07, 6.45) is 2.26. The molecule has 0 unspecified atom stereocenters. The van der Waals surface area contributed by atoms with Crippen LogP contribution in [-0.2, 0) is 11.3 Å². The SMILES string of the molecule is CCCCOCc1ccc(N)c(N)c1. The Kier molecular flexibility index (Phi) is 4.26. The number of nitrogen functional groups attached to an aromatic ring is 2. The molecular formula is C11H18N2O. The number of anilines is 2. The minimum atomic E-state index is 0.616. The van der Waals surface area contributed by atoms with Crippen molar-refractivity contribution in [2.24, 2.45) is 0 Å². The molecule has 4 N–H and O–H groups in total. The summed E-state index contributed by atoms with van der Waals surface area (Å²) in [4.78, 5) is 0. The van der Waals surface area contributed by atoms with Gasteiger partial charge in [-0.2, -0.15) is 0 Å². The number of ether oxygens (including phenoxy) is 1. The highest BCUT2D eigenvalue weighted by atomic mass is 16.5. The van der Waals surface area contributed by atoms with Crippen LogP contribution in [0, 0.1) is 0 Å². The first kappa shape index (κ1) is 10.9. The molecule has 0 saturated heterocycles. The van der Waals surface area contributed by atoms with Crippen LogP contribution in [0.2, 0.25) is 0 Å². The largest absolute Gasteiger partial charge is 0.397 e. The molecule has 0 amide bonds. The van der Waals surface area contributed by atoms with Crippen LogP contribution < -0.4 is 11.5 Å². The Morgan fingerprint density at radius 2 is 2.00 bits per heavy atom. The molecule has 1 aromatic rings. The molecule has 14 heavy (non-hydrogen) atoms. The Hall–Kier alpha value is -1.22. The lowest BCUT2D eigenvalue weighted by Crippen LogP contribution is -1.98. The van der Waals surface area contributed by atoms with Crippen molar-refractivity contribution < 1.29 is 4.74 Å². The van der Waals surface area contributed by atoms with E-state index in [1.165, 1.54) is 0 Å². The van der Waals surface area contributed by atoms with Crippen molar-refractivity contribution in [3.8, 4) is 0 Å². The molecule has 0 spiro atoms. The summed E-state index contributed by atoms with van der Waals surface area (Å²) in [6, 6.07) is 5.62. The molecule has 0 heterocycles. The first-order valence-corrected chi connectivity index (χ1v) is 4.95. The fraction of sp³-hybridized carbons (Fsp3) is 0.455. The van der Waals surface area contributed by atoms with Gasteiger partial charge in [-0.05, 0) is 24.1 Å². The molecule has 0 bridgehead atoms. The van der Waals surface area contributed by atoms with Crippen molar-refractivity contribution in [3.05, 3.63) is 23.8 Å². The van der Waals surface area contributed by atoms with E-state index in [0.717, 1.165) is 25.0 Å². The van der Waals surface area contributed by atoms with Crippen molar-refractivity contribution in [1.82, 2.24) is 0 Å². The molecule has 78 valence electrons. The minimum absolute atomic E-state index is 0.616. The normalized spacial score (nSPS) is 10.4. The molecule has 0 aliphatic heterocycles. The standard InChI is InChI=1S/C11H18N2O/c1-2-3-6-14-8-9-4-5-10(12)11(13)7-9/h4-5,7H,2-3,6,8,12-13H2,1H3. The van der Waals surface area contributed by atoms with E-state index in [1.54, 1.807) is 0 Å². The second kappa shape index (κ2) is 5.50. The van der Waals surface area contributed by atoms with Crippen molar-refractivity contribution in [1.29, 1.82) is 0 Å². The van der Waals surface area contributed by atoms with Gasteiger partial charge in [-0.15, -0.1) is 0 Å². The molecule has 0 aliphatic rings. The van der Waals surface area contributed by atoms with Gasteiger partial charge < -0.3 is 16.2 Å². The zero-order valence-electron chi connectivity index (χ0n) is 8.62. The highest BCUT2D eigenvalue weighted by Gasteiger charge is 1.97. The second-order valence-electron chi connectivity index (χ2n) is 3.37. The van der Waals surface area contributed by atoms with Crippen molar-refractivity contribution in [2.75, 3.05) is 18.1 Å². The first-order valence-electron chi connectivity index (χ1n) is 4.95. The van der Waals surface area contributed by atoms with E-state index in [-0.39, 0.29) is 0 Å². The maximum absolute atomic E-state index is 5.67. The average molecular weight is 194 g/mol. The van der Waals surface area contributed by atoms with Gasteiger partial charge in [0.15, 0.2) is 0 Å². The fourth-order valence-electron chi connectivity index (χ4n) is 1.15. The third-order valence-electron chi connectivity index (χ3n) is 2.06. The summed E-state index contributed by atoms with van der Waals surface area (Å²) >= 11 is 0. The number of hydrogen-bond donors (Lipinski definition) is 2. The summed E-state index contributed by atoms with van der Waals surface area (Å²) < 4.78 is 5.46. The monoisotopic (exact) mass is 194 g/mol. The van der Waals surface area contributed by atoms with Crippen molar-refractivity contribution in [2.45, 2.75) is 26.4 Å². The van der Waals surface area contributed by atoms with Crippen molar-refractivity contribution in [3.63, 3.8) is 0 Å². The Morgan fingerprint density at radius 1 is 1.21 bits per heavy atom. The summed E-state index contributed by atoms with van der Waals surface area (Å²) in [5, 5.41) is 0. The van der Waals surface area contributed by atoms with Gasteiger partial charge in [0.25, 0.3) is 0 Å². The second-order valence-corrected chi connectivity index (χ2v) is 3.37. The summed E-state index contributed by atoms with van der Waals surface area (Å²) in [5.74, 6) is 0. The fourth-order valence-corrected chi connectivity index (χ4v) is 1.15. The number of rotatable bonds is 5. The molecule has 1 rings (SSSR count). The molecule has 0 aliphatic carbocycles. The highest BCUT2D eigenvalue weighted by Crippen LogP contribution is 2.16. The average Bonchev–Trinajstić information content (AvgIpc) is 2.18. The number of unbranched alkanes of at least 4 members (excludes halogenated alkanes) is 1. The lowest BCUT2D eigenvalue weighted by atomic mass is 10.2. The van der Waals surface area contributed by atoms with Gasteiger partial charge >= 0.3 is 0 Å². The zero-order chi connectivity index (χ0) is 10.4. The predicted molar refractivity (Wildman–Crippen MR) is 59.8 cm³/mol. The molecule has 0 atom stereocenters. The number of nitrogens with two attached hydrogens (primary N) is 2. The van der Waals surface area contributed by atoms with E-state index in [1.807, 2.05) is 18.2 Å². The van der Waals surface area contributed by atoms with E-state index in [9.17, 15) is 0 Å². The summed E-state index contributed by atoms with van der Waals surface area (Å²) in [6.45, 7) is 3.57. The quantitative estimate of drug-likeness (QED) is 0.557. The molecule has 0 fully saturated rings. The Balaban J connectivity index is 2.39. The van der Waals surface area contributed by atoms with Gasteiger partial charge in [0.1, 0.15) is 0 Å². The van der Waals surface area contributed by atoms with E-state index >= 15 is 0 Å². The van der Waals surface area contributed by atoms with E-state index in [2.05, 4.69) is 6.92 Å². The first-order chi connectivity index (χ1) is 6.74. The van der Waals surface area contributed by atoms with Gasteiger partial charge in [-0.1, -0.05) is 19.4 Å². The molecule has 3 heteroatoms. The third-order valence-corrected chi connectivity index (χ3v) is 2.06. The van der Waals surface area contributed by atoms with Crippen LogP contribution in [0.15, 0.2) is 18.2 Å². The number of benzene rings is 1. The molecule has 1 aromatic carbocycles. The van der Waals surface area contributed by atoms with Crippen molar-refractivity contribution >= 4 is 11.4 Å². The van der Waals surface area contributed by atoms with Gasteiger partial charge in [0, 0.05) is 6.61 Å². The van der Waals surface area contributed by atoms with E-state index in [0.29, 0.717) is 18.0 Å². The van der Waals surface area contributed by atoms with Gasteiger partial charge in [-0.3, -0.25) is 0 Å². The Morgan fingerprint density at radius 3 is 2.64 bits per heavy atom. The zero-order valence-corrected chi connectivity index (χ0v) is 8.62. The molecular weight excluding hydrogens is 176 g/mol. The van der Waals surface area contributed by atoms with Crippen LogP contribution in [0.25, 0.3) is 0 Å². The topological polar surface area (TPSA) is 61.3 Å². The van der Waals surface area contributed by atoms with Crippen LogP contribution in [0.5, 0.6) is 0 Å². The Labute approximate surface area is 85.0 Å². The molecule has 0 aromatic heterocycles. The molecule has 0 radical (unpaired) electrons. The lowest BCUT2D eigenvalue weighted by molar-refractivity contribution is 0.118. The van der Waals surface area contributed by atoms with Gasteiger partial charge in [0.05, 0.1) is 18.0 Å². The van der Waals surface area contributed by atoms with E-state index < -0.39 is 0 Å². The van der Waals surface area contributed by atoms with Crippen LogP contribution in [0.1, 0.15) is 25.3 Å². The maximum atomic E-state index is 5.67. The summed E-state index contributed by atoms with van der Waals surface area (Å²) in [7, 11) is 0. The molecule has 0 saturated carbocycles. The minimum Gasteiger partial charge on any atom is -0.397 e. The van der Waals surface area contributed by atoms with Gasteiger partial charge in [-0.25, -0.2) is 0 Å². The van der Waals surface area contributed by atoms with Crippen LogP contribution in [0.3, 0.4) is 0 Å². The number of hydrogen-bond acceptors (Lipinski definition) is 3. The van der Waals surface area contributed by atoms with Crippen LogP contribution >= 0.6 is 0 Å². The Bertz CT molecular complexity index is 287. The maximum Gasteiger partial charge on any atom is 0.0717 e. The molecule has 3 nitrogen and oxygen atoms in total. The highest BCUT2D eigenvalue weighted by molar-refractivity contribution is 5.63. The predicted octanol–water partition coefficient (Wildman–Crippen LogP) is 2.17. The lowest BCUT2D eigenvalue weighted by Gasteiger charge is -2.05. The van der Waals surface area contributed by atoms with Crippen LogP contribution in [0.4, 0.5) is 11.4 Å². The summed E-state index contributed by atoms with van der Waals surface area (Å²) in [5.41, 5.74) is 13.6. The van der Waals surface area contributed by atoms with Crippen LogP contribution in [-0.4, -0.2) is 6.61 Å².